The second kappa shape index (κ2) is 8.63. The Morgan fingerprint density at radius 3 is 2.39 bits per heavy atom. The zero-order valence-electron chi connectivity index (χ0n) is 18.5. The Hall–Kier alpha value is -3.00. The standard InChI is InChI=1S/C29H31NO/c1-3-4-6-17-24-23-16-10-12-19-26(23)31-29(27(24)21-13-7-5-8-14-21)28-20(2)22-15-9-11-18-25(22)30-28/h5,7-16,18-19,24,27,29-30H,3-4,6,17H2,1-2H3/t24-,27-,29-/m1/s1. The smallest absolute Gasteiger partial charge is 0.146 e. The van der Waals surface area contributed by atoms with E-state index in [1.807, 2.05) is 0 Å². The van der Waals surface area contributed by atoms with Crippen LogP contribution in [0.3, 0.4) is 0 Å². The molecule has 0 amide bonds. The molecule has 0 bridgehead atoms. The van der Waals surface area contributed by atoms with Crippen LogP contribution in [0.5, 0.6) is 5.75 Å². The van der Waals surface area contributed by atoms with Crippen molar-refractivity contribution >= 4 is 10.9 Å². The van der Waals surface area contributed by atoms with E-state index in [0.717, 1.165) is 5.75 Å². The van der Waals surface area contributed by atoms with Crippen molar-refractivity contribution in [3.63, 3.8) is 0 Å². The Morgan fingerprint density at radius 2 is 1.58 bits per heavy atom. The number of unbranched alkanes of at least 4 members (excludes halogenated alkanes) is 2. The average molecular weight is 410 g/mol. The van der Waals surface area contributed by atoms with Crippen LogP contribution in [0.15, 0.2) is 78.9 Å². The Morgan fingerprint density at radius 1 is 0.839 bits per heavy atom. The molecule has 158 valence electrons. The molecule has 1 aliphatic rings. The van der Waals surface area contributed by atoms with Gasteiger partial charge in [-0.25, -0.2) is 0 Å². The quantitative estimate of drug-likeness (QED) is 0.320. The molecular weight excluding hydrogens is 378 g/mol. The largest absolute Gasteiger partial charge is 0.483 e. The van der Waals surface area contributed by atoms with Gasteiger partial charge in [-0.15, -0.1) is 0 Å². The van der Waals surface area contributed by atoms with E-state index >= 15 is 0 Å². The van der Waals surface area contributed by atoms with Crippen LogP contribution in [-0.2, 0) is 0 Å². The van der Waals surface area contributed by atoms with E-state index in [1.54, 1.807) is 0 Å². The van der Waals surface area contributed by atoms with Gasteiger partial charge < -0.3 is 9.72 Å². The second-order valence-electron chi connectivity index (χ2n) is 8.82. The zero-order valence-corrected chi connectivity index (χ0v) is 18.5. The lowest BCUT2D eigenvalue weighted by molar-refractivity contribution is 0.125. The average Bonchev–Trinajstić information content (AvgIpc) is 3.16. The van der Waals surface area contributed by atoms with Gasteiger partial charge in [0, 0.05) is 16.8 Å². The molecule has 5 rings (SSSR count). The predicted octanol–water partition coefficient (Wildman–Crippen LogP) is 8.06. The van der Waals surface area contributed by atoms with Crippen LogP contribution in [0, 0.1) is 6.92 Å². The first-order valence-electron chi connectivity index (χ1n) is 11.7. The summed E-state index contributed by atoms with van der Waals surface area (Å²) in [7, 11) is 0. The molecule has 1 aromatic heterocycles. The van der Waals surface area contributed by atoms with Crippen LogP contribution >= 0.6 is 0 Å². The van der Waals surface area contributed by atoms with Gasteiger partial charge in [0.25, 0.3) is 0 Å². The maximum atomic E-state index is 6.80. The molecule has 1 aliphatic heterocycles. The normalized spacial score (nSPS) is 20.4. The summed E-state index contributed by atoms with van der Waals surface area (Å²) >= 11 is 0. The summed E-state index contributed by atoms with van der Waals surface area (Å²) in [6, 6.07) is 28.2. The molecule has 31 heavy (non-hydrogen) atoms. The van der Waals surface area contributed by atoms with Gasteiger partial charge in [0.2, 0.25) is 0 Å². The summed E-state index contributed by atoms with van der Waals surface area (Å²) in [5.41, 5.74) is 6.42. The maximum Gasteiger partial charge on any atom is 0.146 e. The summed E-state index contributed by atoms with van der Waals surface area (Å²) in [6.45, 7) is 4.51. The van der Waals surface area contributed by atoms with E-state index in [1.165, 1.54) is 59.0 Å². The van der Waals surface area contributed by atoms with Gasteiger partial charge in [0.05, 0.1) is 5.69 Å². The number of aromatic nitrogens is 1. The lowest BCUT2D eigenvalue weighted by Crippen LogP contribution is -2.29. The van der Waals surface area contributed by atoms with Crippen molar-refractivity contribution in [1.29, 1.82) is 0 Å². The van der Waals surface area contributed by atoms with E-state index in [4.69, 9.17) is 4.74 Å². The topological polar surface area (TPSA) is 25.0 Å². The minimum absolute atomic E-state index is 0.0312. The summed E-state index contributed by atoms with van der Waals surface area (Å²) in [4.78, 5) is 3.73. The number of H-pyrrole nitrogens is 1. The van der Waals surface area contributed by atoms with Crippen LogP contribution in [-0.4, -0.2) is 4.98 Å². The fourth-order valence-electron chi connectivity index (χ4n) is 5.37. The van der Waals surface area contributed by atoms with Crippen molar-refractivity contribution < 1.29 is 4.74 Å². The molecule has 0 saturated carbocycles. The Balaban J connectivity index is 1.67. The molecule has 0 radical (unpaired) electrons. The molecule has 2 heterocycles. The van der Waals surface area contributed by atoms with Gasteiger partial charge in [-0.05, 0) is 48.1 Å². The van der Waals surface area contributed by atoms with Gasteiger partial charge >= 0.3 is 0 Å². The maximum absolute atomic E-state index is 6.80. The molecule has 1 N–H and O–H groups in total. The van der Waals surface area contributed by atoms with Crippen LogP contribution in [0.2, 0.25) is 0 Å². The summed E-state index contributed by atoms with van der Waals surface area (Å²) < 4.78 is 6.80. The number of hydrogen-bond donors (Lipinski definition) is 1. The van der Waals surface area contributed by atoms with E-state index in [0.29, 0.717) is 5.92 Å². The third-order valence-corrected chi connectivity index (χ3v) is 6.92. The SMILES string of the molecule is CCCCC[C@@H]1c2ccccc2O[C@@H](c2[nH]c3ccccc3c2C)[C@@H]1c1ccccc1. The van der Waals surface area contributed by atoms with Gasteiger partial charge in [0.15, 0.2) is 0 Å². The van der Waals surface area contributed by atoms with E-state index < -0.39 is 0 Å². The third-order valence-electron chi connectivity index (χ3n) is 6.92. The van der Waals surface area contributed by atoms with Crippen LogP contribution in [0.4, 0.5) is 0 Å². The van der Waals surface area contributed by atoms with Crippen molar-refractivity contribution in [2.24, 2.45) is 0 Å². The summed E-state index contributed by atoms with van der Waals surface area (Å²) in [5, 5.41) is 1.29. The highest BCUT2D eigenvalue weighted by Crippen LogP contribution is 2.53. The zero-order chi connectivity index (χ0) is 21.2. The number of rotatable bonds is 6. The fraction of sp³-hybridized carbons (Fsp3) is 0.310. The highest BCUT2D eigenvalue weighted by molar-refractivity contribution is 5.84. The molecule has 2 nitrogen and oxygen atoms in total. The minimum Gasteiger partial charge on any atom is -0.483 e. The molecule has 3 atom stereocenters. The highest BCUT2D eigenvalue weighted by atomic mass is 16.5. The number of aromatic amines is 1. The lowest BCUT2D eigenvalue weighted by atomic mass is 9.72. The van der Waals surface area contributed by atoms with Gasteiger partial charge in [-0.2, -0.15) is 0 Å². The molecule has 0 spiro atoms. The number of fused-ring (bicyclic) bond motifs is 2. The van der Waals surface area contributed by atoms with Crippen LogP contribution in [0.25, 0.3) is 10.9 Å². The van der Waals surface area contributed by atoms with E-state index in [2.05, 4.69) is 97.7 Å². The predicted molar refractivity (Wildman–Crippen MR) is 129 cm³/mol. The first-order chi connectivity index (χ1) is 15.3. The Bertz CT molecular complexity index is 1160. The lowest BCUT2D eigenvalue weighted by Gasteiger charge is -2.40. The molecule has 0 fully saturated rings. The number of benzene rings is 3. The molecule has 0 unspecified atom stereocenters. The molecule has 2 heteroatoms. The van der Waals surface area contributed by atoms with Crippen molar-refractivity contribution in [2.45, 2.75) is 57.5 Å². The first kappa shape index (κ1) is 19.9. The number of para-hydroxylation sites is 2. The first-order valence-corrected chi connectivity index (χ1v) is 11.7. The fourth-order valence-corrected chi connectivity index (χ4v) is 5.37. The number of nitrogens with one attached hydrogen (secondary N) is 1. The van der Waals surface area contributed by atoms with E-state index in [-0.39, 0.29) is 12.0 Å². The van der Waals surface area contributed by atoms with Crippen molar-refractivity contribution in [3.8, 4) is 5.75 Å². The van der Waals surface area contributed by atoms with Crippen molar-refractivity contribution in [1.82, 2.24) is 4.98 Å². The summed E-state index contributed by atoms with van der Waals surface area (Å²) in [5.74, 6) is 1.76. The molecular formula is C29H31NO. The molecule has 4 aromatic rings. The number of hydrogen-bond acceptors (Lipinski definition) is 1. The molecule has 3 aromatic carbocycles. The van der Waals surface area contributed by atoms with Crippen LogP contribution < -0.4 is 4.74 Å². The number of aryl methyl sites for hydroxylation is 1. The van der Waals surface area contributed by atoms with Crippen molar-refractivity contribution in [2.75, 3.05) is 0 Å². The molecule has 0 saturated heterocycles. The monoisotopic (exact) mass is 409 g/mol. The van der Waals surface area contributed by atoms with Gasteiger partial charge in [-0.3, -0.25) is 0 Å². The van der Waals surface area contributed by atoms with E-state index in [9.17, 15) is 0 Å². The van der Waals surface area contributed by atoms with Gasteiger partial charge in [0.1, 0.15) is 11.9 Å². The van der Waals surface area contributed by atoms with Crippen LogP contribution in [0.1, 0.15) is 72.9 Å². The Kier molecular flexibility index (Phi) is 5.55. The summed E-state index contributed by atoms with van der Waals surface area (Å²) in [6.07, 6.45) is 4.92. The van der Waals surface area contributed by atoms with Crippen molar-refractivity contribution in [3.05, 3.63) is 101 Å². The van der Waals surface area contributed by atoms with Gasteiger partial charge in [-0.1, -0.05) is 92.9 Å². The molecule has 0 aliphatic carbocycles. The number of ether oxygens (including phenoxy) is 1. The third kappa shape index (κ3) is 3.65. The second-order valence-corrected chi connectivity index (χ2v) is 8.82. The highest BCUT2D eigenvalue weighted by Gasteiger charge is 2.41. The Labute approximate surface area is 185 Å². The minimum atomic E-state index is -0.0312.